The van der Waals surface area contributed by atoms with Crippen molar-refractivity contribution in [3.05, 3.63) is 54.1 Å². The third kappa shape index (κ3) is 3.67. The zero-order valence-corrected chi connectivity index (χ0v) is 13.0. The van der Waals surface area contributed by atoms with E-state index in [2.05, 4.69) is 26.6 Å². The lowest BCUT2D eigenvalue weighted by molar-refractivity contribution is 0.288. The average Bonchev–Trinajstić information content (AvgIpc) is 3.02. The van der Waals surface area contributed by atoms with Crippen molar-refractivity contribution in [2.24, 2.45) is 5.73 Å². The highest BCUT2D eigenvalue weighted by Gasteiger charge is 2.15. The van der Waals surface area contributed by atoms with Gasteiger partial charge in [-0.3, -0.25) is 4.90 Å². The topological polar surface area (TPSA) is 47.1 Å². The van der Waals surface area contributed by atoms with E-state index >= 15 is 0 Å². The summed E-state index contributed by atoms with van der Waals surface area (Å²) in [6, 6.07) is 10.1. The van der Waals surface area contributed by atoms with Crippen LogP contribution < -0.4 is 5.73 Å². The van der Waals surface area contributed by atoms with Crippen molar-refractivity contribution in [3.8, 4) is 0 Å². The van der Waals surface area contributed by atoms with Crippen molar-refractivity contribution in [2.75, 3.05) is 31.1 Å². The highest BCUT2D eigenvalue weighted by molar-refractivity contribution is 7.99. The molecule has 4 nitrogen and oxygen atoms in total. The van der Waals surface area contributed by atoms with Gasteiger partial charge in [-0.1, -0.05) is 30.3 Å². The zero-order chi connectivity index (χ0) is 14.5. The summed E-state index contributed by atoms with van der Waals surface area (Å²) >= 11 is 2.05. The minimum absolute atomic E-state index is 0.106. The zero-order valence-electron chi connectivity index (χ0n) is 12.2. The number of hydrogen-bond donors (Lipinski definition) is 1. The van der Waals surface area contributed by atoms with Gasteiger partial charge in [-0.25, -0.2) is 4.98 Å². The minimum Gasteiger partial charge on any atom is -0.332 e. The van der Waals surface area contributed by atoms with E-state index in [4.69, 9.17) is 5.73 Å². The summed E-state index contributed by atoms with van der Waals surface area (Å²) in [6.45, 7) is 4.42. The molecule has 1 aliphatic rings. The summed E-state index contributed by atoms with van der Waals surface area (Å²) in [5, 5.41) is 0. The first kappa shape index (κ1) is 14.6. The molecule has 1 atom stereocenters. The molecular formula is C16H22N4S. The largest absolute Gasteiger partial charge is 0.332 e. The molecule has 2 N–H and O–H groups in total. The maximum absolute atomic E-state index is 6.39. The SMILES string of the molecule is NC(c1ccccc1)c1cncn1CCN1CCSCC1. The maximum Gasteiger partial charge on any atom is 0.0949 e. The number of benzene rings is 1. The van der Waals surface area contributed by atoms with Gasteiger partial charge in [0.15, 0.2) is 0 Å². The van der Waals surface area contributed by atoms with Crippen LogP contribution in [-0.2, 0) is 6.54 Å². The van der Waals surface area contributed by atoms with Crippen LogP contribution in [0, 0.1) is 0 Å². The molecule has 0 amide bonds. The van der Waals surface area contributed by atoms with E-state index in [0.717, 1.165) is 24.3 Å². The van der Waals surface area contributed by atoms with Crippen molar-refractivity contribution in [3.63, 3.8) is 0 Å². The van der Waals surface area contributed by atoms with Gasteiger partial charge in [0.1, 0.15) is 0 Å². The van der Waals surface area contributed by atoms with Gasteiger partial charge in [0.2, 0.25) is 0 Å². The molecule has 0 spiro atoms. The van der Waals surface area contributed by atoms with Gasteiger partial charge in [-0.05, 0) is 5.56 Å². The molecule has 3 rings (SSSR count). The monoisotopic (exact) mass is 302 g/mol. The molecule has 2 aromatic rings. The quantitative estimate of drug-likeness (QED) is 0.917. The van der Waals surface area contributed by atoms with Gasteiger partial charge in [0, 0.05) is 37.7 Å². The fourth-order valence-corrected chi connectivity index (χ4v) is 3.66. The molecule has 1 saturated heterocycles. The number of aromatic nitrogens is 2. The van der Waals surface area contributed by atoms with Crippen LogP contribution in [0.15, 0.2) is 42.9 Å². The van der Waals surface area contributed by atoms with Gasteiger partial charge in [-0.15, -0.1) is 0 Å². The van der Waals surface area contributed by atoms with Crippen molar-refractivity contribution < 1.29 is 0 Å². The molecule has 1 fully saturated rings. The summed E-state index contributed by atoms with van der Waals surface area (Å²) in [7, 11) is 0. The maximum atomic E-state index is 6.39. The van der Waals surface area contributed by atoms with E-state index in [9.17, 15) is 0 Å². The molecule has 1 aromatic carbocycles. The predicted molar refractivity (Wildman–Crippen MR) is 88.5 cm³/mol. The first-order chi connectivity index (χ1) is 10.3. The smallest absolute Gasteiger partial charge is 0.0949 e. The van der Waals surface area contributed by atoms with E-state index in [1.54, 1.807) is 0 Å². The van der Waals surface area contributed by atoms with E-state index < -0.39 is 0 Å². The lowest BCUT2D eigenvalue weighted by atomic mass is 10.1. The van der Waals surface area contributed by atoms with Crippen molar-refractivity contribution in [1.29, 1.82) is 0 Å². The number of imidazole rings is 1. The Hall–Kier alpha value is -1.30. The van der Waals surface area contributed by atoms with Gasteiger partial charge in [-0.2, -0.15) is 11.8 Å². The Morgan fingerprint density at radius 1 is 1.14 bits per heavy atom. The second kappa shape index (κ2) is 7.11. The number of hydrogen-bond acceptors (Lipinski definition) is 4. The van der Waals surface area contributed by atoms with Gasteiger partial charge in [0.05, 0.1) is 24.3 Å². The number of rotatable bonds is 5. The van der Waals surface area contributed by atoms with Crippen molar-refractivity contribution >= 4 is 11.8 Å². The number of nitrogens with zero attached hydrogens (tertiary/aromatic N) is 3. The molecule has 0 radical (unpaired) electrons. The highest BCUT2D eigenvalue weighted by Crippen LogP contribution is 2.19. The Labute approximate surface area is 130 Å². The Morgan fingerprint density at radius 2 is 1.90 bits per heavy atom. The third-order valence-corrected chi connectivity index (χ3v) is 4.93. The molecule has 0 aliphatic carbocycles. The van der Waals surface area contributed by atoms with Crippen molar-refractivity contribution in [2.45, 2.75) is 12.6 Å². The average molecular weight is 302 g/mol. The first-order valence-electron chi connectivity index (χ1n) is 7.45. The molecule has 1 aliphatic heterocycles. The van der Waals surface area contributed by atoms with Crippen molar-refractivity contribution in [1.82, 2.24) is 14.5 Å². The van der Waals surface area contributed by atoms with E-state index in [1.807, 2.05) is 42.5 Å². The lowest BCUT2D eigenvalue weighted by Gasteiger charge is -2.26. The lowest BCUT2D eigenvalue weighted by Crippen LogP contribution is -2.35. The number of thioether (sulfide) groups is 1. The summed E-state index contributed by atoms with van der Waals surface area (Å²) in [5.41, 5.74) is 8.62. The molecular weight excluding hydrogens is 280 g/mol. The minimum atomic E-state index is -0.106. The molecule has 0 saturated carbocycles. The number of nitrogens with two attached hydrogens (primary N) is 1. The molecule has 5 heteroatoms. The standard InChI is InChI=1S/C16H22N4S/c17-16(14-4-2-1-3-5-14)15-12-18-13-20(15)7-6-19-8-10-21-11-9-19/h1-5,12-13,16H,6-11,17H2. The van der Waals surface area contributed by atoms with Crippen LogP contribution >= 0.6 is 11.8 Å². The molecule has 0 bridgehead atoms. The molecule has 2 heterocycles. The van der Waals surface area contributed by atoms with Crippen LogP contribution in [-0.4, -0.2) is 45.6 Å². The summed E-state index contributed by atoms with van der Waals surface area (Å²) < 4.78 is 2.19. The third-order valence-electron chi connectivity index (χ3n) is 3.98. The van der Waals surface area contributed by atoms with E-state index in [0.29, 0.717) is 0 Å². The Bertz CT molecular complexity index is 548. The summed E-state index contributed by atoms with van der Waals surface area (Å²) in [6.07, 6.45) is 3.79. The Balaban J connectivity index is 1.66. The van der Waals surface area contributed by atoms with Gasteiger partial charge in [0.25, 0.3) is 0 Å². The second-order valence-corrected chi connectivity index (χ2v) is 6.58. The Kier molecular flexibility index (Phi) is 4.95. The molecule has 21 heavy (non-hydrogen) atoms. The molecule has 1 aromatic heterocycles. The fraction of sp³-hybridized carbons (Fsp3) is 0.438. The normalized spacial score (nSPS) is 17.8. The highest BCUT2D eigenvalue weighted by atomic mass is 32.2. The first-order valence-corrected chi connectivity index (χ1v) is 8.61. The van der Waals surface area contributed by atoms with Crippen LogP contribution in [0.25, 0.3) is 0 Å². The summed E-state index contributed by atoms with van der Waals surface area (Å²) in [5.74, 6) is 2.50. The van der Waals surface area contributed by atoms with E-state index in [-0.39, 0.29) is 6.04 Å². The van der Waals surface area contributed by atoms with E-state index in [1.165, 1.54) is 24.6 Å². The molecule has 1 unspecified atom stereocenters. The predicted octanol–water partition coefficient (Wildman–Crippen LogP) is 1.98. The second-order valence-electron chi connectivity index (χ2n) is 5.35. The van der Waals surface area contributed by atoms with Gasteiger partial charge >= 0.3 is 0 Å². The fourth-order valence-electron chi connectivity index (χ4n) is 2.68. The van der Waals surface area contributed by atoms with Crippen LogP contribution in [0.1, 0.15) is 17.3 Å². The van der Waals surface area contributed by atoms with Gasteiger partial charge < -0.3 is 10.3 Å². The summed E-state index contributed by atoms with van der Waals surface area (Å²) in [4.78, 5) is 6.81. The van der Waals surface area contributed by atoms with Crippen LogP contribution in [0.3, 0.4) is 0 Å². The Morgan fingerprint density at radius 3 is 2.67 bits per heavy atom. The van der Waals surface area contributed by atoms with Crippen LogP contribution in [0.4, 0.5) is 0 Å². The molecule has 112 valence electrons. The van der Waals surface area contributed by atoms with Crippen LogP contribution in [0.5, 0.6) is 0 Å². The van der Waals surface area contributed by atoms with Crippen LogP contribution in [0.2, 0.25) is 0 Å².